The summed E-state index contributed by atoms with van der Waals surface area (Å²) in [6.45, 7) is 8.52. The highest BCUT2D eigenvalue weighted by Gasteiger charge is 2.16. The third-order valence-corrected chi connectivity index (χ3v) is 4.83. The van der Waals surface area contributed by atoms with E-state index >= 15 is 0 Å². The van der Waals surface area contributed by atoms with Gasteiger partial charge >= 0.3 is 0 Å². The Kier molecular flexibility index (Phi) is 5.09. The van der Waals surface area contributed by atoms with E-state index in [0.29, 0.717) is 0 Å². The van der Waals surface area contributed by atoms with Crippen molar-refractivity contribution in [2.75, 3.05) is 35.5 Å². The van der Waals surface area contributed by atoms with E-state index in [2.05, 4.69) is 54.4 Å². The third-order valence-electron chi connectivity index (χ3n) is 4.46. The van der Waals surface area contributed by atoms with Gasteiger partial charge in [0.2, 0.25) is 0 Å². The minimum Gasteiger partial charge on any atom is -0.369 e. The largest absolute Gasteiger partial charge is 0.369 e. The predicted octanol–water partition coefficient (Wildman–Crippen LogP) is 4.26. The Bertz CT molecular complexity index is 665. The van der Waals surface area contributed by atoms with Crippen LogP contribution in [0, 0.1) is 6.92 Å². The number of hydrogen-bond acceptors (Lipinski definition) is 3. The molecule has 2 aromatic carbocycles. The van der Waals surface area contributed by atoms with E-state index in [1.165, 1.54) is 16.8 Å². The first-order valence-electron chi connectivity index (χ1n) is 8.31. The van der Waals surface area contributed by atoms with Crippen LogP contribution in [-0.2, 0) is 6.42 Å². The quantitative estimate of drug-likeness (QED) is 0.846. The van der Waals surface area contributed by atoms with Gasteiger partial charge in [0, 0.05) is 43.6 Å². The molecular weight excluding hydrogens is 306 g/mol. The van der Waals surface area contributed by atoms with E-state index in [1.807, 2.05) is 12.1 Å². The van der Waals surface area contributed by atoms with Crippen LogP contribution in [0.25, 0.3) is 0 Å². The first-order chi connectivity index (χ1) is 11.2. The lowest BCUT2D eigenvalue weighted by atomic mass is 10.1. The number of nitrogens with zero attached hydrogens (tertiary/aromatic N) is 2. The van der Waals surface area contributed by atoms with Crippen molar-refractivity contribution in [1.82, 2.24) is 5.32 Å². The summed E-state index contributed by atoms with van der Waals surface area (Å²) in [6, 6.07) is 14.8. The molecule has 4 heteroatoms. The van der Waals surface area contributed by atoms with Gasteiger partial charge in [0.05, 0.1) is 11.4 Å². The summed E-state index contributed by atoms with van der Waals surface area (Å²) in [5, 5.41) is 3.41. The predicted molar refractivity (Wildman–Crippen MR) is 100 cm³/mol. The maximum absolute atomic E-state index is 6.61. The Labute approximate surface area is 144 Å². The monoisotopic (exact) mass is 329 g/mol. The zero-order valence-corrected chi connectivity index (χ0v) is 14.6. The smallest absolute Gasteiger partial charge is 0.0610 e. The SMILES string of the molecule is CCc1cc(N(Cl)c2ccccc2C)ccc1N1CCNCC1. The number of hydrogen-bond donors (Lipinski definition) is 1. The molecule has 0 aromatic heterocycles. The molecule has 0 aliphatic carbocycles. The van der Waals surface area contributed by atoms with Gasteiger partial charge in [-0.1, -0.05) is 25.1 Å². The highest BCUT2D eigenvalue weighted by Crippen LogP contribution is 2.34. The van der Waals surface area contributed by atoms with E-state index in [1.54, 1.807) is 4.42 Å². The van der Waals surface area contributed by atoms with Crippen molar-refractivity contribution in [2.45, 2.75) is 20.3 Å². The Hall–Kier alpha value is -1.71. The minimum absolute atomic E-state index is 1.01. The molecular formula is C19H24ClN3. The lowest BCUT2D eigenvalue weighted by Gasteiger charge is -2.31. The molecule has 0 spiro atoms. The molecule has 0 unspecified atom stereocenters. The van der Waals surface area contributed by atoms with Crippen LogP contribution in [0.15, 0.2) is 42.5 Å². The highest BCUT2D eigenvalue weighted by molar-refractivity contribution is 6.29. The van der Waals surface area contributed by atoms with Crippen molar-refractivity contribution >= 4 is 28.8 Å². The summed E-state index contributed by atoms with van der Waals surface area (Å²) in [5.74, 6) is 0. The molecule has 0 bridgehead atoms. The number of halogens is 1. The van der Waals surface area contributed by atoms with Crippen LogP contribution in [0.3, 0.4) is 0 Å². The normalized spacial score (nSPS) is 14.8. The van der Waals surface area contributed by atoms with Crippen molar-refractivity contribution in [1.29, 1.82) is 0 Å². The third kappa shape index (κ3) is 3.46. The molecule has 0 amide bonds. The molecule has 1 fully saturated rings. The molecule has 2 aromatic rings. The van der Waals surface area contributed by atoms with Crippen LogP contribution >= 0.6 is 11.8 Å². The van der Waals surface area contributed by atoms with Crippen LogP contribution in [-0.4, -0.2) is 26.2 Å². The lowest BCUT2D eigenvalue weighted by molar-refractivity contribution is 0.588. The molecule has 122 valence electrons. The van der Waals surface area contributed by atoms with Crippen LogP contribution in [0.4, 0.5) is 17.1 Å². The zero-order chi connectivity index (χ0) is 16.2. The Balaban J connectivity index is 1.91. The van der Waals surface area contributed by atoms with Gasteiger partial charge in [-0.15, -0.1) is 0 Å². The fourth-order valence-electron chi connectivity index (χ4n) is 3.11. The molecule has 0 atom stereocenters. The second kappa shape index (κ2) is 7.24. The number of nitrogens with one attached hydrogen (secondary N) is 1. The fourth-order valence-corrected chi connectivity index (χ4v) is 3.41. The molecule has 1 heterocycles. The van der Waals surface area contributed by atoms with Gasteiger partial charge in [0.15, 0.2) is 0 Å². The maximum Gasteiger partial charge on any atom is 0.0610 e. The summed E-state index contributed by atoms with van der Waals surface area (Å²) >= 11 is 6.61. The minimum atomic E-state index is 1.01. The summed E-state index contributed by atoms with van der Waals surface area (Å²) in [6.07, 6.45) is 1.01. The number of benzene rings is 2. The van der Waals surface area contributed by atoms with E-state index in [-0.39, 0.29) is 0 Å². The number of piperazine rings is 1. The molecule has 3 rings (SSSR count). The van der Waals surface area contributed by atoms with Gasteiger partial charge in [-0.3, -0.25) is 4.42 Å². The first kappa shape index (κ1) is 16.2. The molecule has 1 aliphatic rings. The van der Waals surface area contributed by atoms with Crippen molar-refractivity contribution in [3.05, 3.63) is 53.6 Å². The standard InChI is InChI=1S/C19H24ClN3/c1-3-16-14-17(23(20)18-7-5-4-6-15(18)2)8-9-19(16)22-12-10-21-11-13-22/h4-9,14,21H,3,10-13H2,1-2H3. The van der Waals surface area contributed by atoms with Gasteiger partial charge in [-0.2, -0.15) is 0 Å². The zero-order valence-electron chi connectivity index (χ0n) is 13.8. The lowest BCUT2D eigenvalue weighted by Crippen LogP contribution is -2.43. The van der Waals surface area contributed by atoms with E-state index < -0.39 is 0 Å². The fraction of sp³-hybridized carbons (Fsp3) is 0.368. The number of anilines is 3. The Morgan fingerprint density at radius 2 is 1.87 bits per heavy atom. The molecule has 0 saturated carbocycles. The van der Waals surface area contributed by atoms with Crippen molar-refractivity contribution in [3.8, 4) is 0 Å². The number of rotatable bonds is 4. The van der Waals surface area contributed by atoms with Crippen LogP contribution < -0.4 is 14.6 Å². The first-order valence-corrected chi connectivity index (χ1v) is 8.64. The van der Waals surface area contributed by atoms with Crippen LogP contribution in [0.2, 0.25) is 0 Å². The Morgan fingerprint density at radius 3 is 2.57 bits per heavy atom. The summed E-state index contributed by atoms with van der Waals surface area (Å²) < 4.78 is 1.76. The highest BCUT2D eigenvalue weighted by atomic mass is 35.5. The second-order valence-corrected chi connectivity index (χ2v) is 6.31. The molecule has 0 radical (unpaired) electrons. The van der Waals surface area contributed by atoms with Gasteiger partial charge in [0.25, 0.3) is 0 Å². The molecule has 23 heavy (non-hydrogen) atoms. The second-order valence-electron chi connectivity index (χ2n) is 5.97. The molecule has 1 N–H and O–H groups in total. The maximum atomic E-state index is 6.61. The van der Waals surface area contributed by atoms with Crippen molar-refractivity contribution < 1.29 is 0 Å². The van der Waals surface area contributed by atoms with E-state index in [4.69, 9.17) is 11.8 Å². The summed E-state index contributed by atoms with van der Waals surface area (Å²) in [4.78, 5) is 2.46. The van der Waals surface area contributed by atoms with Crippen LogP contribution in [0.5, 0.6) is 0 Å². The van der Waals surface area contributed by atoms with E-state index in [9.17, 15) is 0 Å². The van der Waals surface area contributed by atoms with Gasteiger partial charge in [0.1, 0.15) is 0 Å². The number of aryl methyl sites for hydroxylation is 2. The summed E-state index contributed by atoms with van der Waals surface area (Å²) in [7, 11) is 0. The molecule has 3 nitrogen and oxygen atoms in total. The van der Waals surface area contributed by atoms with E-state index in [0.717, 1.165) is 44.0 Å². The van der Waals surface area contributed by atoms with Gasteiger partial charge in [-0.25, -0.2) is 0 Å². The Morgan fingerprint density at radius 1 is 1.13 bits per heavy atom. The van der Waals surface area contributed by atoms with Crippen molar-refractivity contribution in [2.24, 2.45) is 0 Å². The average molecular weight is 330 g/mol. The average Bonchev–Trinajstić information content (AvgIpc) is 2.61. The van der Waals surface area contributed by atoms with Gasteiger partial charge < -0.3 is 10.2 Å². The van der Waals surface area contributed by atoms with Crippen LogP contribution in [0.1, 0.15) is 18.1 Å². The van der Waals surface area contributed by atoms with Crippen molar-refractivity contribution in [3.63, 3.8) is 0 Å². The summed E-state index contributed by atoms with van der Waals surface area (Å²) in [5.41, 5.74) is 5.92. The van der Waals surface area contributed by atoms with Gasteiger partial charge in [-0.05, 0) is 48.7 Å². The molecule has 1 aliphatic heterocycles. The topological polar surface area (TPSA) is 18.5 Å². The molecule has 1 saturated heterocycles. The number of para-hydroxylation sites is 1.